The average Bonchev–Trinajstić information content (AvgIpc) is 3.05. The Kier molecular flexibility index (Phi) is 3.94. The van der Waals surface area contributed by atoms with Crippen molar-refractivity contribution in [3.8, 4) is 21.9 Å². The second-order valence-corrected chi connectivity index (χ2v) is 5.83. The average molecular weight is 310 g/mol. The van der Waals surface area contributed by atoms with Crippen LogP contribution >= 0.6 is 11.3 Å². The molecule has 0 amide bonds. The van der Waals surface area contributed by atoms with Crippen LogP contribution < -0.4 is 4.74 Å². The maximum absolute atomic E-state index is 12.5. The molecule has 3 aromatic rings. The molecule has 0 spiro atoms. The molecule has 1 N–H and O–H groups in total. The van der Waals surface area contributed by atoms with Crippen molar-refractivity contribution in [2.24, 2.45) is 0 Å². The molecule has 0 saturated carbocycles. The second-order valence-electron chi connectivity index (χ2n) is 4.74. The lowest BCUT2D eigenvalue weighted by Gasteiger charge is -2.05. The fourth-order valence-corrected chi connectivity index (χ4v) is 3.15. The summed E-state index contributed by atoms with van der Waals surface area (Å²) in [7, 11) is 1.52. The van der Waals surface area contributed by atoms with Gasteiger partial charge in [0, 0.05) is 10.9 Å². The van der Waals surface area contributed by atoms with Gasteiger partial charge < -0.3 is 9.84 Å². The Balaban J connectivity index is 1.92. The number of hydrogen-bond acceptors (Lipinski definition) is 4. The molecule has 110 valence electrons. The summed E-state index contributed by atoms with van der Waals surface area (Å²) in [5.41, 5.74) is 1.35. The molecular weight excluding hydrogens is 296 g/mol. The van der Waals surface area contributed by atoms with Gasteiger partial charge in [0.05, 0.1) is 17.6 Å². The maximum Gasteiger partial charge on any atom is 0.206 e. The first-order valence-corrected chi connectivity index (χ1v) is 7.57. The zero-order valence-electron chi connectivity index (χ0n) is 11.9. The summed E-state index contributed by atoms with van der Waals surface area (Å²) < 4.78 is 5.03. The summed E-state index contributed by atoms with van der Waals surface area (Å²) in [6, 6.07) is 18.3. The van der Waals surface area contributed by atoms with Gasteiger partial charge in [-0.3, -0.25) is 4.79 Å². The molecule has 22 heavy (non-hydrogen) atoms. The van der Waals surface area contributed by atoms with Crippen LogP contribution in [-0.4, -0.2) is 18.0 Å². The number of methoxy groups -OCH3 is 1. The molecule has 3 rings (SSSR count). The van der Waals surface area contributed by atoms with Crippen molar-refractivity contribution in [2.45, 2.75) is 0 Å². The highest BCUT2D eigenvalue weighted by Crippen LogP contribution is 2.32. The highest BCUT2D eigenvalue weighted by Gasteiger charge is 2.16. The van der Waals surface area contributed by atoms with E-state index in [4.69, 9.17) is 4.74 Å². The van der Waals surface area contributed by atoms with Gasteiger partial charge in [-0.05, 0) is 29.8 Å². The predicted molar refractivity (Wildman–Crippen MR) is 87.8 cm³/mol. The molecule has 0 radical (unpaired) electrons. The van der Waals surface area contributed by atoms with Crippen LogP contribution in [0.25, 0.3) is 10.4 Å². The van der Waals surface area contributed by atoms with Crippen LogP contribution in [0.2, 0.25) is 0 Å². The van der Waals surface area contributed by atoms with E-state index in [9.17, 15) is 9.90 Å². The largest absolute Gasteiger partial charge is 0.507 e. The minimum Gasteiger partial charge on any atom is -0.507 e. The number of rotatable bonds is 4. The standard InChI is InChI=1S/C18H14O3S/c1-21-13-7-8-14(15(19)11-13)18(20)17-10-9-16(22-17)12-5-3-2-4-6-12/h2-11,19H,1H3. The van der Waals surface area contributed by atoms with E-state index >= 15 is 0 Å². The molecule has 3 nitrogen and oxygen atoms in total. The molecule has 0 aliphatic rings. The smallest absolute Gasteiger partial charge is 0.206 e. The van der Waals surface area contributed by atoms with Crippen LogP contribution in [-0.2, 0) is 0 Å². The summed E-state index contributed by atoms with van der Waals surface area (Å²) in [4.78, 5) is 14.1. The van der Waals surface area contributed by atoms with Gasteiger partial charge in [0.2, 0.25) is 5.78 Å². The molecule has 0 aliphatic heterocycles. The molecule has 0 saturated heterocycles. The summed E-state index contributed by atoms with van der Waals surface area (Å²) in [6.45, 7) is 0. The number of benzene rings is 2. The number of phenolic OH excluding ortho intramolecular Hbond substituents is 1. The van der Waals surface area contributed by atoms with Crippen LogP contribution in [0.5, 0.6) is 11.5 Å². The molecule has 1 aromatic heterocycles. The molecule has 4 heteroatoms. The molecule has 0 atom stereocenters. The quantitative estimate of drug-likeness (QED) is 0.728. The lowest BCUT2D eigenvalue weighted by atomic mass is 10.1. The van der Waals surface area contributed by atoms with E-state index in [0.717, 1.165) is 10.4 Å². The van der Waals surface area contributed by atoms with E-state index in [1.54, 1.807) is 18.2 Å². The first-order chi connectivity index (χ1) is 10.7. The summed E-state index contributed by atoms with van der Waals surface area (Å²) in [5.74, 6) is 0.261. The normalized spacial score (nSPS) is 10.4. The van der Waals surface area contributed by atoms with Crippen molar-refractivity contribution in [3.63, 3.8) is 0 Å². The van der Waals surface area contributed by atoms with Gasteiger partial charge in [0.15, 0.2) is 0 Å². The Morgan fingerprint density at radius 1 is 1.05 bits per heavy atom. The Labute approximate surface area is 132 Å². The number of carbonyl (C=O) groups is 1. The third-order valence-electron chi connectivity index (χ3n) is 3.34. The maximum atomic E-state index is 12.5. The van der Waals surface area contributed by atoms with Crippen molar-refractivity contribution in [2.75, 3.05) is 7.11 Å². The Hall–Kier alpha value is -2.59. The highest BCUT2D eigenvalue weighted by atomic mass is 32.1. The number of aromatic hydroxyl groups is 1. The van der Waals surface area contributed by atoms with Crippen molar-refractivity contribution in [3.05, 3.63) is 71.1 Å². The minimum atomic E-state index is -0.188. The van der Waals surface area contributed by atoms with E-state index in [0.29, 0.717) is 10.6 Å². The molecular formula is C18H14O3S. The van der Waals surface area contributed by atoms with E-state index in [1.165, 1.54) is 24.5 Å². The molecule has 0 bridgehead atoms. The molecule has 0 fully saturated rings. The van der Waals surface area contributed by atoms with Gasteiger partial charge in [-0.2, -0.15) is 0 Å². The van der Waals surface area contributed by atoms with Crippen molar-refractivity contribution in [1.29, 1.82) is 0 Å². The van der Waals surface area contributed by atoms with Gasteiger partial charge in [-0.15, -0.1) is 11.3 Å². The van der Waals surface area contributed by atoms with Crippen LogP contribution in [0.15, 0.2) is 60.7 Å². The van der Waals surface area contributed by atoms with E-state index < -0.39 is 0 Å². The van der Waals surface area contributed by atoms with Crippen LogP contribution in [0.3, 0.4) is 0 Å². The van der Waals surface area contributed by atoms with Crippen LogP contribution in [0, 0.1) is 0 Å². The Morgan fingerprint density at radius 3 is 2.50 bits per heavy atom. The lowest BCUT2D eigenvalue weighted by Crippen LogP contribution is -1.99. The topological polar surface area (TPSA) is 46.5 Å². The SMILES string of the molecule is COc1ccc(C(=O)c2ccc(-c3ccccc3)s2)c(O)c1. The van der Waals surface area contributed by atoms with Gasteiger partial charge in [0.1, 0.15) is 11.5 Å². The number of carbonyl (C=O) groups excluding carboxylic acids is 1. The van der Waals surface area contributed by atoms with E-state index in [-0.39, 0.29) is 17.1 Å². The van der Waals surface area contributed by atoms with E-state index in [1.807, 2.05) is 36.4 Å². The zero-order valence-corrected chi connectivity index (χ0v) is 12.8. The fraction of sp³-hybridized carbons (Fsp3) is 0.0556. The minimum absolute atomic E-state index is 0.0704. The van der Waals surface area contributed by atoms with Gasteiger partial charge in [-0.1, -0.05) is 30.3 Å². The number of ketones is 1. The Bertz CT molecular complexity index is 806. The lowest BCUT2D eigenvalue weighted by molar-refractivity contribution is 0.104. The number of hydrogen-bond donors (Lipinski definition) is 1. The first kappa shape index (κ1) is 14.4. The second kappa shape index (κ2) is 6.03. The van der Waals surface area contributed by atoms with Crippen molar-refractivity contribution < 1.29 is 14.6 Å². The van der Waals surface area contributed by atoms with E-state index in [2.05, 4.69) is 0 Å². The zero-order chi connectivity index (χ0) is 15.5. The number of phenols is 1. The van der Waals surface area contributed by atoms with Crippen molar-refractivity contribution >= 4 is 17.1 Å². The summed E-state index contributed by atoms with van der Waals surface area (Å²) in [6.07, 6.45) is 0. The third kappa shape index (κ3) is 2.73. The van der Waals surface area contributed by atoms with Crippen LogP contribution in [0.1, 0.15) is 15.2 Å². The van der Waals surface area contributed by atoms with Gasteiger partial charge in [-0.25, -0.2) is 0 Å². The van der Waals surface area contributed by atoms with Gasteiger partial charge in [0.25, 0.3) is 0 Å². The molecule has 2 aromatic carbocycles. The third-order valence-corrected chi connectivity index (χ3v) is 4.47. The molecule has 0 aliphatic carbocycles. The summed E-state index contributed by atoms with van der Waals surface area (Å²) in [5, 5.41) is 9.98. The van der Waals surface area contributed by atoms with Crippen molar-refractivity contribution in [1.82, 2.24) is 0 Å². The van der Waals surface area contributed by atoms with Gasteiger partial charge >= 0.3 is 0 Å². The van der Waals surface area contributed by atoms with Crippen LogP contribution in [0.4, 0.5) is 0 Å². The fourth-order valence-electron chi connectivity index (χ4n) is 2.18. The highest BCUT2D eigenvalue weighted by molar-refractivity contribution is 7.17. The first-order valence-electron chi connectivity index (χ1n) is 6.76. The number of ether oxygens (including phenoxy) is 1. The predicted octanol–water partition coefficient (Wildman–Crippen LogP) is 4.36. The summed E-state index contributed by atoms with van der Waals surface area (Å²) >= 11 is 1.42. The molecule has 0 unspecified atom stereocenters. The monoisotopic (exact) mass is 310 g/mol. The Morgan fingerprint density at radius 2 is 1.82 bits per heavy atom. The molecule has 1 heterocycles. The number of thiophene rings is 1.